The molecule has 0 aromatic carbocycles. The number of nitrogens with one attached hydrogen (secondary N) is 2. The second-order valence-corrected chi connectivity index (χ2v) is 5.52. The fourth-order valence-electron chi connectivity index (χ4n) is 1.46. The SMILES string of the molecule is CSCC(C)CNc1cc(=O)[nH]c(C(C)C)n1. The maximum atomic E-state index is 11.4. The predicted octanol–water partition coefficient (Wildman–Crippen LogP) is 2.30. The smallest absolute Gasteiger partial charge is 0.252 e. The largest absolute Gasteiger partial charge is 0.370 e. The summed E-state index contributed by atoms with van der Waals surface area (Å²) in [6.45, 7) is 7.05. The standard InChI is InChI=1S/C12H21N3OS/c1-8(2)12-14-10(5-11(16)15-12)13-6-9(3)7-17-4/h5,8-9H,6-7H2,1-4H3,(H2,13,14,15,16). The summed E-state index contributed by atoms with van der Waals surface area (Å²) >= 11 is 1.83. The summed E-state index contributed by atoms with van der Waals surface area (Å²) in [5.74, 6) is 3.30. The number of aromatic amines is 1. The molecule has 1 aromatic rings. The molecule has 1 aromatic heterocycles. The molecule has 0 saturated heterocycles. The predicted molar refractivity (Wildman–Crippen MR) is 75.0 cm³/mol. The number of aromatic nitrogens is 2. The molecule has 1 unspecified atom stereocenters. The van der Waals surface area contributed by atoms with E-state index in [0.717, 1.165) is 18.1 Å². The highest BCUT2D eigenvalue weighted by Crippen LogP contribution is 2.10. The summed E-state index contributed by atoms with van der Waals surface area (Å²) in [6.07, 6.45) is 2.10. The van der Waals surface area contributed by atoms with E-state index in [4.69, 9.17) is 0 Å². The molecule has 0 bridgehead atoms. The monoisotopic (exact) mass is 255 g/mol. The summed E-state index contributed by atoms with van der Waals surface area (Å²) in [7, 11) is 0. The van der Waals surface area contributed by atoms with Gasteiger partial charge in [0.25, 0.3) is 5.56 Å². The summed E-state index contributed by atoms with van der Waals surface area (Å²) < 4.78 is 0. The maximum Gasteiger partial charge on any atom is 0.252 e. The van der Waals surface area contributed by atoms with Crippen molar-refractivity contribution in [1.82, 2.24) is 9.97 Å². The Morgan fingerprint density at radius 1 is 1.47 bits per heavy atom. The molecule has 1 heterocycles. The molecule has 0 amide bonds. The second kappa shape index (κ2) is 6.69. The Morgan fingerprint density at radius 3 is 2.76 bits per heavy atom. The fourth-order valence-corrected chi connectivity index (χ4v) is 2.15. The summed E-state index contributed by atoms with van der Waals surface area (Å²) in [5, 5.41) is 3.22. The zero-order valence-corrected chi connectivity index (χ0v) is 11.7. The first kappa shape index (κ1) is 14.1. The molecule has 0 saturated carbocycles. The van der Waals surface area contributed by atoms with Crippen LogP contribution in [0.2, 0.25) is 0 Å². The van der Waals surface area contributed by atoms with Crippen molar-refractivity contribution in [2.75, 3.05) is 23.9 Å². The third kappa shape index (κ3) is 4.81. The molecule has 0 aliphatic rings. The Bertz CT molecular complexity index is 403. The Balaban J connectivity index is 2.68. The molecule has 0 aliphatic carbocycles. The third-order valence-corrected chi connectivity index (χ3v) is 3.29. The Hall–Kier alpha value is -0.970. The van der Waals surface area contributed by atoms with E-state index in [-0.39, 0.29) is 11.5 Å². The molecule has 1 atom stereocenters. The van der Waals surface area contributed by atoms with Gasteiger partial charge in [0, 0.05) is 18.5 Å². The van der Waals surface area contributed by atoms with E-state index in [1.165, 1.54) is 6.07 Å². The van der Waals surface area contributed by atoms with Crippen LogP contribution in [0.3, 0.4) is 0 Å². The van der Waals surface area contributed by atoms with Crippen LogP contribution in [0.4, 0.5) is 5.82 Å². The van der Waals surface area contributed by atoms with Gasteiger partial charge in [-0.3, -0.25) is 4.79 Å². The lowest BCUT2D eigenvalue weighted by Gasteiger charge is -2.12. The number of thioether (sulfide) groups is 1. The highest BCUT2D eigenvalue weighted by Gasteiger charge is 2.06. The van der Waals surface area contributed by atoms with Crippen molar-refractivity contribution in [2.24, 2.45) is 5.92 Å². The van der Waals surface area contributed by atoms with Gasteiger partial charge < -0.3 is 10.3 Å². The highest BCUT2D eigenvalue weighted by molar-refractivity contribution is 7.98. The van der Waals surface area contributed by atoms with Gasteiger partial charge in [-0.1, -0.05) is 20.8 Å². The zero-order chi connectivity index (χ0) is 12.8. The van der Waals surface area contributed by atoms with Crippen LogP contribution in [0.1, 0.15) is 32.5 Å². The number of hydrogen-bond donors (Lipinski definition) is 2. The average molecular weight is 255 g/mol. The van der Waals surface area contributed by atoms with Gasteiger partial charge >= 0.3 is 0 Å². The summed E-state index contributed by atoms with van der Waals surface area (Å²) in [6, 6.07) is 1.51. The molecular weight excluding hydrogens is 234 g/mol. The number of rotatable bonds is 6. The lowest BCUT2D eigenvalue weighted by molar-refractivity contribution is 0.695. The zero-order valence-electron chi connectivity index (χ0n) is 10.9. The van der Waals surface area contributed by atoms with Gasteiger partial charge in [0.15, 0.2) is 0 Å². The van der Waals surface area contributed by atoms with Gasteiger partial charge in [0.05, 0.1) is 0 Å². The van der Waals surface area contributed by atoms with Crippen molar-refractivity contribution >= 4 is 17.6 Å². The Labute approximate surface area is 107 Å². The van der Waals surface area contributed by atoms with Crippen molar-refractivity contribution < 1.29 is 0 Å². The van der Waals surface area contributed by atoms with E-state index in [2.05, 4.69) is 28.5 Å². The molecule has 0 aliphatic heterocycles. The van der Waals surface area contributed by atoms with Gasteiger partial charge in [-0.15, -0.1) is 0 Å². The number of anilines is 1. The molecule has 4 nitrogen and oxygen atoms in total. The minimum atomic E-state index is -0.0938. The average Bonchev–Trinajstić information content (AvgIpc) is 2.26. The van der Waals surface area contributed by atoms with Crippen LogP contribution >= 0.6 is 11.8 Å². The van der Waals surface area contributed by atoms with E-state index >= 15 is 0 Å². The summed E-state index contributed by atoms with van der Waals surface area (Å²) in [4.78, 5) is 18.6. The second-order valence-electron chi connectivity index (χ2n) is 4.61. The molecule has 0 spiro atoms. The van der Waals surface area contributed by atoms with Crippen molar-refractivity contribution in [3.63, 3.8) is 0 Å². The van der Waals surface area contributed by atoms with E-state index < -0.39 is 0 Å². The summed E-state index contributed by atoms with van der Waals surface area (Å²) in [5.41, 5.74) is -0.0938. The molecule has 17 heavy (non-hydrogen) atoms. The molecule has 0 radical (unpaired) electrons. The van der Waals surface area contributed by atoms with Crippen molar-refractivity contribution in [1.29, 1.82) is 0 Å². The van der Waals surface area contributed by atoms with Gasteiger partial charge in [0.2, 0.25) is 0 Å². The number of nitrogens with zero attached hydrogens (tertiary/aromatic N) is 1. The maximum absolute atomic E-state index is 11.4. The van der Waals surface area contributed by atoms with Gasteiger partial charge in [-0.05, 0) is 17.9 Å². The molecule has 96 valence electrons. The van der Waals surface area contributed by atoms with Crippen LogP contribution in [0, 0.1) is 5.92 Å². The van der Waals surface area contributed by atoms with Crippen LogP contribution in [-0.2, 0) is 0 Å². The lowest BCUT2D eigenvalue weighted by Crippen LogP contribution is -2.18. The highest BCUT2D eigenvalue weighted by atomic mass is 32.2. The van der Waals surface area contributed by atoms with E-state index in [1.807, 2.05) is 25.6 Å². The minimum absolute atomic E-state index is 0.0938. The van der Waals surface area contributed by atoms with E-state index in [1.54, 1.807) is 0 Å². The van der Waals surface area contributed by atoms with Crippen molar-refractivity contribution in [3.8, 4) is 0 Å². The van der Waals surface area contributed by atoms with E-state index in [0.29, 0.717) is 11.7 Å². The van der Waals surface area contributed by atoms with Crippen LogP contribution in [0.5, 0.6) is 0 Å². The van der Waals surface area contributed by atoms with E-state index in [9.17, 15) is 4.79 Å². The quantitative estimate of drug-likeness (QED) is 0.819. The topological polar surface area (TPSA) is 57.8 Å². The van der Waals surface area contributed by atoms with Crippen LogP contribution in [0.25, 0.3) is 0 Å². The molecule has 1 rings (SSSR count). The van der Waals surface area contributed by atoms with Crippen molar-refractivity contribution in [2.45, 2.75) is 26.7 Å². The van der Waals surface area contributed by atoms with Crippen LogP contribution in [0.15, 0.2) is 10.9 Å². The molecule has 0 fully saturated rings. The van der Waals surface area contributed by atoms with Crippen LogP contribution < -0.4 is 10.9 Å². The van der Waals surface area contributed by atoms with Crippen LogP contribution in [-0.4, -0.2) is 28.5 Å². The normalized spacial score (nSPS) is 12.8. The molecule has 5 heteroatoms. The number of H-pyrrole nitrogens is 1. The first-order valence-electron chi connectivity index (χ1n) is 5.87. The Morgan fingerprint density at radius 2 is 2.18 bits per heavy atom. The first-order valence-corrected chi connectivity index (χ1v) is 7.26. The van der Waals surface area contributed by atoms with Crippen molar-refractivity contribution in [3.05, 3.63) is 22.2 Å². The minimum Gasteiger partial charge on any atom is -0.370 e. The number of hydrogen-bond acceptors (Lipinski definition) is 4. The first-order chi connectivity index (χ1) is 8.02. The van der Waals surface area contributed by atoms with Gasteiger partial charge in [-0.25, -0.2) is 4.98 Å². The lowest BCUT2D eigenvalue weighted by atomic mass is 10.2. The molecule has 2 N–H and O–H groups in total. The Kier molecular flexibility index (Phi) is 5.55. The van der Waals surface area contributed by atoms with Gasteiger partial charge in [-0.2, -0.15) is 11.8 Å². The van der Waals surface area contributed by atoms with Gasteiger partial charge in [0.1, 0.15) is 11.6 Å². The third-order valence-electron chi connectivity index (χ3n) is 2.39. The fraction of sp³-hybridized carbons (Fsp3) is 0.667. The molecular formula is C12H21N3OS.